The lowest BCUT2D eigenvalue weighted by Gasteiger charge is -2.40. The molecule has 0 saturated heterocycles. The standard InChI is InChI=1S/C17H21N/c18-12-13-6-7-17-11-16(9-8-15(17)10-13)14-4-2-1-3-5-14/h1-5,13,15-17H,6-11H2/t13-,15-,16+,17+/m0/s1. The van der Waals surface area contributed by atoms with Gasteiger partial charge in [0.15, 0.2) is 0 Å². The predicted octanol–water partition coefficient (Wildman–Crippen LogP) is 4.51. The molecule has 0 heterocycles. The van der Waals surface area contributed by atoms with Gasteiger partial charge in [-0.15, -0.1) is 0 Å². The van der Waals surface area contributed by atoms with Crippen LogP contribution >= 0.6 is 0 Å². The zero-order chi connectivity index (χ0) is 12.4. The Morgan fingerprint density at radius 1 is 0.889 bits per heavy atom. The number of nitriles is 1. The Bertz CT molecular complexity index is 431. The largest absolute Gasteiger partial charge is 0.198 e. The fourth-order valence-electron chi connectivity index (χ4n) is 4.03. The van der Waals surface area contributed by atoms with Gasteiger partial charge in [0.25, 0.3) is 0 Å². The van der Waals surface area contributed by atoms with Crippen molar-refractivity contribution in [3.63, 3.8) is 0 Å². The molecule has 4 atom stereocenters. The molecule has 18 heavy (non-hydrogen) atoms. The Hall–Kier alpha value is -1.29. The van der Waals surface area contributed by atoms with Crippen molar-refractivity contribution in [1.82, 2.24) is 0 Å². The van der Waals surface area contributed by atoms with Gasteiger partial charge >= 0.3 is 0 Å². The molecule has 94 valence electrons. The predicted molar refractivity (Wildman–Crippen MR) is 73.0 cm³/mol. The molecule has 0 radical (unpaired) electrons. The first-order chi connectivity index (χ1) is 8.86. The summed E-state index contributed by atoms with van der Waals surface area (Å²) in [5.74, 6) is 2.84. The first kappa shape index (κ1) is 11.8. The van der Waals surface area contributed by atoms with E-state index >= 15 is 0 Å². The van der Waals surface area contributed by atoms with Crippen molar-refractivity contribution in [3.8, 4) is 6.07 Å². The summed E-state index contributed by atoms with van der Waals surface area (Å²) in [6, 6.07) is 13.5. The van der Waals surface area contributed by atoms with Gasteiger partial charge in [0.05, 0.1) is 6.07 Å². The van der Waals surface area contributed by atoms with Crippen molar-refractivity contribution in [2.24, 2.45) is 17.8 Å². The van der Waals surface area contributed by atoms with Crippen LogP contribution in [0.4, 0.5) is 0 Å². The number of rotatable bonds is 1. The second kappa shape index (κ2) is 5.14. The van der Waals surface area contributed by atoms with Gasteiger partial charge in [-0.3, -0.25) is 0 Å². The molecule has 0 aromatic heterocycles. The monoisotopic (exact) mass is 239 g/mol. The fourth-order valence-corrected chi connectivity index (χ4v) is 4.03. The fraction of sp³-hybridized carbons (Fsp3) is 0.588. The van der Waals surface area contributed by atoms with E-state index in [-0.39, 0.29) is 0 Å². The highest BCUT2D eigenvalue weighted by Gasteiger charge is 2.35. The first-order valence-corrected chi connectivity index (χ1v) is 7.31. The molecule has 0 unspecified atom stereocenters. The zero-order valence-electron chi connectivity index (χ0n) is 10.9. The third-order valence-electron chi connectivity index (χ3n) is 5.07. The van der Waals surface area contributed by atoms with Crippen LogP contribution in [0.25, 0.3) is 0 Å². The highest BCUT2D eigenvalue weighted by molar-refractivity contribution is 5.20. The lowest BCUT2D eigenvalue weighted by Crippen LogP contribution is -2.30. The van der Waals surface area contributed by atoms with Gasteiger partial charge in [-0.2, -0.15) is 5.26 Å². The molecule has 0 aliphatic heterocycles. The smallest absolute Gasteiger partial charge is 0.0655 e. The van der Waals surface area contributed by atoms with E-state index in [1.165, 1.54) is 37.7 Å². The molecule has 0 N–H and O–H groups in total. The van der Waals surface area contributed by atoms with Crippen molar-refractivity contribution in [3.05, 3.63) is 35.9 Å². The molecule has 0 bridgehead atoms. The molecule has 2 saturated carbocycles. The summed E-state index contributed by atoms with van der Waals surface area (Å²) >= 11 is 0. The topological polar surface area (TPSA) is 23.8 Å². The average molecular weight is 239 g/mol. The second-order valence-electron chi connectivity index (χ2n) is 6.08. The maximum atomic E-state index is 9.06. The van der Waals surface area contributed by atoms with Crippen molar-refractivity contribution in [2.75, 3.05) is 0 Å². The lowest BCUT2D eigenvalue weighted by molar-refractivity contribution is 0.135. The van der Waals surface area contributed by atoms with Crippen molar-refractivity contribution >= 4 is 0 Å². The molecular formula is C17H21N. The maximum absolute atomic E-state index is 9.06. The summed E-state index contributed by atoms with van der Waals surface area (Å²) < 4.78 is 0. The molecule has 2 aliphatic carbocycles. The molecule has 2 fully saturated rings. The lowest BCUT2D eigenvalue weighted by atomic mass is 9.64. The average Bonchev–Trinajstić information content (AvgIpc) is 2.47. The minimum absolute atomic E-state index is 0.347. The molecular weight excluding hydrogens is 218 g/mol. The van der Waals surface area contributed by atoms with Gasteiger partial charge < -0.3 is 0 Å². The van der Waals surface area contributed by atoms with E-state index in [0.717, 1.165) is 24.2 Å². The summed E-state index contributed by atoms with van der Waals surface area (Å²) in [5, 5.41) is 9.06. The summed E-state index contributed by atoms with van der Waals surface area (Å²) in [7, 11) is 0. The van der Waals surface area contributed by atoms with E-state index in [1.807, 2.05) is 0 Å². The summed E-state index contributed by atoms with van der Waals surface area (Å²) in [4.78, 5) is 0. The molecule has 1 heteroatoms. The van der Waals surface area contributed by atoms with Crippen LogP contribution in [-0.4, -0.2) is 0 Å². The molecule has 2 aliphatic rings. The normalized spacial score (nSPS) is 35.5. The van der Waals surface area contributed by atoms with Crippen LogP contribution in [0.1, 0.15) is 50.0 Å². The summed E-state index contributed by atoms with van der Waals surface area (Å²) in [5.41, 5.74) is 1.53. The van der Waals surface area contributed by atoms with Crippen LogP contribution in [-0.2, 0) is 0 Å². The number of hydrogen-bond acceptors (Lipinski definition) is 1. The Morgan fingerprint density at radius 2 is 1.61 bits per heavy atom. The van der Waals surface area contributed by atoms with E-state index < -0.39 is 0 Å². The van der Waals surface area contributed by atoms with E-state index in [4.69, 9.17) is 5.26 Å². The molecule has 1 nitrogen and oxygen atoms in total. The van der Waals surface area contributed by atoms with Crippen molar-refractivity contribution in [1.29, 1.82) is 5.26 Å². The van der Waals surface area contributed by atoms with Crippen molar-refractivity contribution in [2.45, 2.75) is 44.4 Å². The number of hydrogen-bond donors (Lipinski definition) is 0. The van der Waals surface area contributed by atoms with Gasteiger partial charge in [-0.1, -0.05) is 30.3 Å². The first-order valence-electron chi connectivity index (χ1n) is 7.31. The quantitative estimate of drug-likeness (QED) is 0.707. The minimum atomic E-state index is 0.347. The zero-order valence-corrected chi connectivity index (χ0v) is 10.9. The van der Waals surface area contributed by atoms with Crippen molar-refractivity contribution < 1.29 is 0 Å². The Kier molecular flexibility index (Phi) is 3.37. The molecule has 0 amide bonds. The second-order valence-corrected chi connectivity index (χ2v) is 6.08. The van der Waals surface area contributed by atoms with Crippen LogP contribution in [0.15, 0.2) is 30.3 Å². The summed E-state index contributed by atoms with van der Waals surface area (Å²) in [6.45, 7) is 0. The van der Waals surface area contributed by atoms with Gasteiger partial charge in [0.2, 0.25) is 0 Å². The SMILES string of the molecule is N#C[C@H]1CC[C@@H]2C[C@H](c3ccccc3)CC[C@H]2C1. The highest BCUT2D eigenvalue weighted by Crippen LogP contribution is 2.47. The van der Waals surface area contributed by atoms with Crippen LogP contribution in [0.2, 0.25) is 0 Å². The molecule has 1 aromatic rings. The van der Waals surface area contributed by atoms with Crippen LogP contribution < -0.4 is 0 Å². The Balaban J connectivity index is 1.67. The van der Waals surface area contributed by atoms with Crippen LogP contribution in [0.3, 0.4) is 0 Å². The third-order valence-corrected chi connectivity index (χ3v) is 5.07. The molecule has 0 spiro atoms. The number of nitrogens with zero attached hydrogens (tertiary/aromatic N) is 1. The highest BCUT2D eigenvalue weighted by atomic mass is 14.4. The van der Waals surface area contributed by atoms with Gasteiger partial charge in [-0.05, 0) is 61.8 Å². The summed E-state index contributed by atoms with van der Waals surface area (Å²) in [6.07, 6.45) is 7.60. The minimum Gasteiger partial charge on any atom is -0.198 e. The van der Waals surface area contributed by atoms with E-state index in [0.29, 0.717) is 5.92 Å². The Labute approximate surface area is 110 Å². The van der Waals surface area contributed by atoms with Crippen LogP contribution in [0, 0.1) is 29.1 Å². The molecule has 3 rings (SSSR count). The Morgan fingerprint density at radius 3 is 2.39 bits per heavy atom. The molecule has 1 aromatic carbocycles. The van der Waals surface area contributed by atoms with Gasteiger partial charge in [0.1, 0.15) is 0 Å². The van der Waals surface area contributed by atoms with Gasteiger partial charge in [0, 0.05) is 5.92 Å². The van der Waals surface area contributed by atoms with E-state index in [2.05, 4.69) is 36.4 Å². The number of fused-ring (bicyclic) bond motifs is 1. The number of benzene rings is 1. The third kappa shape index (κ3) is 2.29. The van der Waals surface area contributed by atoms with Gasteiger partial charge in [-0.25, -0.2) is 0 Å². The van der Waals surface area contributed by atoms with Crippen LogP contribution in [0.5, 0.6) is 0 Å². The van der Waals surface area contributed by atoms with E-state index in [1.54, 1.807) is 0 Å². The maximum Gasteiger partial charge on any atom is 0.0655 e. The van der Waals surface area contributed by atoms with E-state index in [9.17, 15) is 0 Å².